The van der Waals surface area contributed by atoms with Gasteiger partial charge in [-0.25, -0.2) is 4.39 Å². The number of hydrogen-bond acceptors (Lipinski definition) is 3. The smallest absolute Gasteiger partial charge is 0.323 e. The zero-order valence-corrected chi connectivity index (χ0v) is 14.3. The molecule has 2 N–H and O–H groups in total. The molecule has 1 atom stereocenters. The predicted octanol–water partition coefficient (Wildman–Crippen LogP) is 4.11. The van der Waals surface area contributed by atoms with Crippen LogP contribution in [0.25, 0.3) is 11.1 Å². The van der Waals surface area contributed by atoms with E-state index in [-0.39, 0.29) is 12.4 Å². The highest BCUT2D eigenvalue weighted by Crippen LogP contribution is 2.20. The molecule has 3 aromatic carbocycles. The van der Waals surface area contributed by atoms with Crippen molar-refractivity contribution in [1.29, 1.82) is 0 Å². The lowest BCUT2D eigenvalue weighted by molar-refractivity contribution is -0.146. The number of carbonyl (C=O) groups is 1. The van der Waals surface area contributed by atoms with E-state index in [1.807, 2.05) is 54.6 Å². The summed E-state index contributed by atoms with van der Waals surface area (Å²) < 4.78 is 18.3. The minimum atomic E-state index is -0.713. The van der Waals surface area contributed by atoms with Gasteiger partial charge in [0.15, 0.2) is 0 Å². The molecule has 1 unspecified atom stereocenters. The Morgan fingerprint density at radius 3 is 2.04 bits per heavy atom. The maximum Gasteiger partial charge on any atom is 0.323 e. The van der Waals surface area contributed by atoms with Crippen molar-refractivity contribution in [3.8, 4) is 11.1 Å². The minimum absolute atomic E-state index is 0.219. The van der Waals surface area contributed by atoms with Gasteiger partial charge in [-0.1, -0.05) is 66.7 Å². The Morgan fingerprint density at radius 1 is 0.846 bits per heavy atom. The molecule has 0 heterocycles. The van der Waals surface area contributed by atoms with Crippen LogP contribution in [0.15, 0.2) is 78.9 Å². The first-order chi connectivity index (χ1) is 12.6. The summed E-state index contributed by atoms with van der Waals surface area (Å²) in [4.78, 5) is 12.1. The standard InChI is InChI=1S/C22H20FNO2/c23-20-12-10-19(11-13-20)18-8-6-16(7-9-18)14-21(24)22(25)26-15-17-4-2-1-3-5-17/h1-13,21H,14-15,24H2. The molecule has 0 spiro atoms. The summed E-state index contributed by atoms with van der Waals surface area (Å²) in [6.07, 6.45) is 0.400. The summed E-state index contributed by atoms with van der Waals surface area (Å²) in [7, 11) is 0. The molecule has 0 aliphatic carbocycles. The van der Waals surface area contributed by atoms with Gasteiger partial charge in [0.25, 0.3) is 0 Å². The summed E-state index contributed by atoms with van der Waals surface area (Å²) in [5.41, 5.74) is 9.75. The molecule has 0 aliphatic heterocycles. The van der Waals surface area contributed by atoms with E-state index in [0.29, 0.717) is 6.42 Å². The van der Waals surface area contributed by atoms with Crippen LogP contribution < -0.4 is 5.73 Å². The molecule has 4 heteroatoms. The van der Waals surface area contributed by atoms with Crippen molar-refractivity contribution < 1.29 is 13.9 Å². The predicted molar refractivity (Wildman–Crippen MR) is 99.8 cm³/mol. The largest absolute Gasteiger partial charge is 0.460 e. The van der Waals surface area contributed by atoms with Gasteiger partial charge in [0.2, 0.25) is 0 Å². The van der Waals surface area contributed by atoms with Crippen LogP contribution in [0.4, 0.5) is 4.39 Å². The van der Waals surface area contributed by atoms with Crippen molar-refractivity contribution in [3.63, 3.8) is 0 Å². The molecule has 0 saturated heterocycles. The molecule has 0 bridgehead atoms. The Hall–Kier alpha value is -2.98. The summed E-state index contributed by atoms with van der Waals surface area (Å²) in [6.45, 7) is 0.219. The SMILES string of the molecule is NC(Cc1ccc(-c2ccc(F)cc2)cc1)C(=O)OCc1ccccc1. The molecule has 26 heavy (non-hydrogen) atoms. The third kappa shape index (κ3) is 4.77. The van der Waals surface area contributed by atoms with E-state index in [4.69, 9.17) is 10.5 Å². The van der Waals surface area contributed by atoms with E-state index in [9.17, 15) is 9.18 Å². The second kappa shape index (κ2) is 8.41. The van der Waals surface area contributed by atoms with Crippen LogP contribution >= 0.6 is 0 Å². The third-order valence-corrected chi connectivity index (χ3v) is 4.11. The van der Waals surface area contributed by atoms with Crippen molar-refractivity contribution >= 4 is 5.97 Å². The first-order valence-electron chi connectivity index (χ1n) is 8.43. The van der Waals surface area contributed by atoms with Crippen LogP contribution in [0.1, 0.15) is 11.1 Å². The molecule has 132 valence electrons. The van der Waals surface area contributed by atoms with Gasteiger partial charge in [-0.3, -0.25) is 4.79 Å². The molecule has 3 nitrogen and oxygen atoms in total. The van der Waals surface area contributed by atoms with Gasteiger partial charge < -0.3 is 10.5 Å². The lowest BCUT2D eigenvalue weighted by Gasteiger charge is -2.12. The maximum absolute atomic E-state index is 13.0. The van der Waals surface area contributed by atoms with Gasteiger partial charge >= 0.3 is 5.97 Å². The highest BCUT2D eigenvalue weighted by Gasteiger charge is 2.16. The van der Waals surface area contributed by atoms with Crippen LogP contribution in [0.3, 0.4) is 0 Å². The van der Waals surface area contributed by atoms with Crippen molar-refractivity contribution in [1.82, 2.24) is 0 Å². The maximum atomic E-state index is 13.0. The summed E-state index contributed by atoms with van der Waals surface area (Å²) >= 11 is 0. The van der Waals surface area contributed by atoms with Gasteiger partial charge in [0.1, 0.15) is 18.5 Å². The number of esters is 1. The van der Waals surface area contributed by atoms with Crippen LogP contribution in [-0.4, -0.2) is 12.0 Å². The van der Waals surface area contributed by atoms with E-state index in [1.54, 1.807) is 12.1 Å². The third-order valence-electron chi connectivity index (χ3n) is 4.11. The Balaban J connectivity index is 1.56. The molecule has 0 aliphatic rings. The second-order valence-electron chi connectivity index (χ2n) is 6.11. The Bertz CT molecular complexity index is 846. The van der Waals surface area contributed by atoms with Crippen LogP contribution in [0.5, 0.6) is 0 Å². The fourth-order valence-corrected chi connectivity index (χ4v) is 2.65. The van der Waals surface area contributed by atoms with Gasteiger partial charge in [-0.05, 0) is 40.8 Å². The number of nitrogens with two attached hydrogens (primary N) is 1. The van der Waals surface area contributed by atoms with Crippen molar-refractivity contribution in [2.75, 3.05) is 0 Å². The lowest BCUT2D eigenvalue weighted by atomic mass is 10.0. The molecule has 0 fully saturated rings. The Morgan fingerprint density at radius 2 is 1.42 bits per heavy atom. The molecular weight excluding hydrogens is 329 g/mol. The normalized spacial score (nSPS) is 11.8. The lowest BCUT2D eigenvalue weighted by Crippen LogP contribution is -2.34. The molecule has 0 aromatic heterocycles. The zero-order chi connectivity index (χ0) is 18.4. The Kier molecular flexibility index (Phi) is 5.77. The first kappa shape index (κ1) is 17.8. The molecule has 0 radical (unpaired) electrons. The average molecular weight is 349 g/mol. The number of benzene rings is 3. The quantitative estimate of drug-likeness (QED) is 0.682. The van der Waals surface area contributed by atoms with E-state index in [1.165, 1.54) is 12.1 Å². The fraction of sp³-hybridized carbons (Fsp3) is 0.136. The van der Waals surface area contributed by atoms with Crippen molar-refractivity contribution in [3.05, 3.63) is 95.8 Å². The number of halogens is 1. The molecule has 0 saturated carbocycles. The van der Waals surface area contributed by atoms with E-state index in [0.717, 1.165) is 22.3 Å². The minimum Gasteiger partial charge on any atom is -0.460 e. The highest BCUT2D eigenvalue weighted by molar-refractivity contribution is 5.76. The molecule has 0 amide bonds. The summed E-state index contributed by atoms with van der Waals surface area (Å²) in [5, 5.41) is 0. The number of rotatable bonds is 6. The monoisotopic (exact) mass is 349 g/mol. The van der Waals surface area contributed by atoms with Crippen LogP contribution in [0.2, 0.25) is 0 Å². The van der Waals surface area contributed by atoms with E-state index in [2.05, 4.69) is 0 Å². The first-order valence-corrected chi connectivity index (χ1v) is 8.43. The zero-order valence-electron chi connectivity index (χ0n) is 14.3. The topological polar surface area (TPSA) is 52.3 Å². The van der Waals surface area contributed by atoms with E-state index >= 15 is 0 Å². The van der Waals surface area contributed by atoms with Crippen molar-refractivity contribution in [2.45, 2.75) is 19.1 Å². The molecular formula is C22H20FNO2. The number of ether oxygens (including phenoxy) is 1. The van der Waals surface area contributed by atoms with Crippen LogP contribution in [0, 0.1) is 5.82 Å². The van der Waals surface area contributed by atoms with Gasteiger partial charge in [-0.2, -0.15) is 0 Å². The highest BCUT2D eigenvalue weighted by atomic mass is 19.1. The van der Waals surface area contributed by atoms with E-state index < -0.39 is 12.0 Å². The Labute approximate surface area is 152 Å². The number of carbonyl (C=O) groups excluding carboxylic acids is 1. The fourth-order valence-electron chi connectivity index (χ4n) is 2.65. The van der Waals surface area contributed by atoms with Gasteiger partial charge in [-0.15, -0.1) is 0 Å². The van der Waals surface area contributed by atoms with Crippen molar-refractivity contribution in [2.24, 2.45) is 5.73 Å². The summed E-state index contributed by atoms with van der Waals surface area (Å²) in [6, 6.07) is 22.8. The van der Waals surface area contributed by atoms with Gasteiger partial charge in [0, 0.05) is 0 Å². The number of hydrogen-bond donors (Lipinski definition) is 1. The van der Waals surface area contributed by atoms with Crippen LogP contribution in [-0.2, 0) is 22.6 Å². The average Bonchev–Trinajstić information content (AvgIpc) is 2.68. The second-order valence-corrected chi connectivity index (χ2v) is 6.11. The molecule has 3 aromatic rings. The molecule has 3 rings (SSSR count). The summed E-state index contributed by atoms with van der Waals surface area (Å²) in [5.74, 6) is -0.679. The van der Waals surface area contributed by atoms with Gasteiger partial charge in [0.05, 0.1) is 0 Å².